The Labute approximate surface area is 171 Å². The maximum Gasteiger partial charge on any atom is 0.343 e. The molecule has 0 amide bonds. The number of carbonyl (C=O) groups excluding carboxylic acids is 1. The van der Waals surface area contributed by atoms with Gasteiger partial charge in [0.1, 0.15) is 11.6 Å². The van der Waals surface area contributed by atoms with E-state index in [4.69, 9.17) is 4.74 Å². The molecule has 0 N–H and O–H groups in total. The van der Waals surface area contributed by atoms with Crippen molar-refractivity contribution in [2.75, 3.05) is 0 Å². The minimum absolute atomic E-state index is 0.270. The third-order valence-corrected chi connectivity index (χ3v) is 6.54. The predicted molar refractivity (Wildman–Crippen MR) is 113 cm³/mol. The SMILES string of the molecule is O=C(Oc1ccc(F)cc1)c1ccc([S+](c2ccccc2)c2ccccc2)cc1. The summed E-state index contributed by atoms with van der Waals surface area (Å²) in [5.74, 6) is -0.528. The second-order valence-corrected chi connectivity index (χ2v) is 8.33. The molecule has 4 aromatic rings. The Kier molecular flexibility index (Phi) is 5.73. The zero-order valence-electron chi connectivity index (χ0n) is 15.5. The fraction of sp³-hybridized carbons (Fsp3) is 0. The van der Waals surface area contributed by atoms with Crippen molar-refractivity contribution in [1.29, 1.82) is 0 Å². The second kappa shape index (κ2) is 8.76. The molecule has 0 aromatic heterocycles. The minimum Gasteiger partial charge on any atom is -0.423 e. The quantitative estimate of drug-likeness (QED) is 0.228. The first kappa shape index (κ1) is 19.0. The average molecular weight is 401 g/mol. The van der Waals surface area contributed by atoms with Crippen LogP contribution in [-0.4, -0.2) is 5.97 Å². The summed E-state index contributed by atoms with van der Waals surface area (Å²) in [6.07, 6.45) is 0. The molecule has 4 aromatic carbocycles. The van der Waals surface area contributed by atoms with E-state index in [0.717, 1.165) is 4.90 Å². The minimum atomic E-state index is -0.470. The van der Waals surface area contributed by atoms with Crippen LogP contribution in [0.3, 0.4) is 0 Å². The summed E-state index contributed by atoms with van der Waals surface area (Å²) in [5.41, 5.74) is 0.447. The molecule has 4 heteroatoms. The van der Waals surface area contributed by atoms with Crippen LogP contribution in [0.2, 0.25) is 0 Å². The Morgan fingerprint density at radius 3 is 1.62 bits per heavy atom. The van der Waals surface area contributed by atoms with Crippen molar-refractivity contribution in [3.63, 3.8) is 0 Å². The van der Waals surface area contributed by atoms with Crippen LogP contribution in [0.1, 0.15) is 10.4 Å². The largest absolute Gasteiger partial charge is 0.423 e. The molecule has 0 atom stereocenters. The number of hydrogen-bond donors (Lipinski definition) is 0. The summed E-state index contributed by atoms with van der Waals surface area (Å²) in [6, 6.07) is 33.5. The van der Waals surface area contributed by atoms with E-state index >= 15 is 0 Å². The van der Waals surface area contributed by atoms with E-state index in [9.17, 15) is 9.18 Å². The summed E-state index contributed by atoms with van der Waals surface area (Å²) in [4.78, 5) is 15.9. The first-order valence-electron chi connectivity index (χ1n) is 9.13. The van der Waals surface area contributed by atoms with Crippen LogP contribution in [0.25, 0.3) is 0 Å². The molecule has 0 saturated heterocycles. The predicted octanol–water partition coefficient (Wildman–Crippen LogP) is 6.14. The van der Waals surface area contributed by atoms with Gasteiger partial charge in [0.25, 0.3) is 0 Å². The molecule has 0 saturated carbocycles. The zero-order chi connectivity index (χ0) is 20.1. The monoisotopic (exact) mass is 401 g/mol. The Morgan fingerprint density at radius 2 is 1.10 bits per heavy atom. The van der Waals surface area contributed by atoms with Gasteiger partial charge in [-0.1, -0.05) is 36.4 Å². The van der Waals surface area contributed by atoms with Crippen LogP contribution in [0.4, 0.5) is 4.39 Å². The van der Waals surface area contributed by atoms with E-state index < -0.39 is 5.97 Å². The third kappa shape index (κ3) is 4.55. The van der Waals surface area contributed by atoms with Crippen molar-refractivity contribution in [2.24, 2.45) is 0 Å². The molecule has 0 aliphatic heterocycles. The van der Waals surface area contributed by atoms with Crippen molar-refractivity contribution in [3.05, 3.63) is 121 Å². The third-order valence-electron chi connectivity index (χ3n) is 4.31. The maximum absolute atomic E-state index is 13.0. The Morgan fingerprint density at radius 1 is 0.621 bits per heavy atom. The fourth-order valence-electron chi connectivity index (χ4n) is 2.92. The zero-order valence-corrected chi connectivity index (χ0v) is 16.3. The van der Waals surface area contributed by atoms with E-state index in [1.165, 1.54) is 34.1 Å². The number of esters is 1. The normalized spacial score (nSPS) is 10.7. The molecule has 0 fully saturated rings. The number of halogens is 1. The molecular formula is C25H18FO2S+. The van der Waals surface area contributed by atoms with Crippen LogP contribution >= 0.6 is 0 Å². The van der Waals surface area contributed by atoms with Gasteiger partial charge in [-0.2, -0.15) is 0 Å². The average Bonchev–Trinajstić information content (AvgIpc) is 2.77. The molecule has 0 radical (unpaired) electrons. The lowest BCUT2D eigenvalue weighted by atomic mass is 10.2. The van der Waals surface area contributed by atoms with Gasteiger partial charge in [0.05, 0.1) is 16.5 Å². The van der Waals surface area contributed by atoms with Gasteiger partial charge >= 0.3 is 5.97 Å². The first-order chi connectivity index (χ1) is 14.2. The number of benzene rings is 4. The van der Waals surface area contributed by atoms with Crippen LogP contribution in [0.15, 0.2) is 124 Å². The van der Waals surface area contributed by atoms with Crippen LogP contribution in [0.5, 0.6) is 5.75 Å². The topological polar surface area (TPSA) is 26.3 Å². The summed E-state index contributed by atoms with van der Waals surface area (Å²) in [7, 11) is -0.270. The van der Waals surface area contributed by atoms with Gasteiger partial charge in [0.15, 0.2) is 14.7 Å². The van der Waals surface area contributed by atoms with Crippen molar-refractivity contribution in [1.82, 2.24) is 0 Å². The number of rotatable bonds is 5. The molecule has 4 rings (SSSR count). The Bertz CT molecular complexity index is 1040. The van der Waals surface area contributed by atoms with E-state index in [1.54, 1.807) is 12.1 Å². The van der Waals surface area contributed by atoms with Crippen molar-refractivity contribution >= 4 is 16.9 Å². The number of carbonyl (C=O) groups is 1. The smallest absolute Gasteiger partial charge is 0.343 e. The number of ether oxygens (including phenoxy) is 1. The fourth-order valence-corrected chi connectivity index (χ4v) is 5.00. The molecule has 0 aliphatic rings. The molecule has 0 bridgehead atoms. The van der Waals surface area contributed by atoms with Crippen molar-refractivity contribution < 1.29 is 13.9 Å². The molecule has 29 heavy (non-hydrogen) atoms. The highest BCUT2D eigenvalue weighted by atomic mass is 32.2. The van der Waals surface area contributed by atoms with Crippen molar-refractivity contribution in [3.8, 4) is 5.75 Å². The number of hydrogen-bond acceptors (Lipinski definition) is 2. The van der Waals surface area contributed by atoms with Crippen LogP contribution in [-0.2, 0) is 10.9 Å². The van der Waals surface area contributed by atoms with Crippen LogP contribution < -0.4 is 4.74 Å². The van der Waals surface area contributed by atoms with E-state index in [1.807, 2.05) is 48.5 Å². The van der Waals surface area contributed by atoms with Gasteiger partial charge in [0, 0.05) is 0 Å². The Hall–Kier alpha value is -3.37. The van der Waals surface area contributed by atoms with Gasteiger partial charge in [-0.3, -0.25) is 0 Å². The Balaban J connectivity index is 1.60. The van der Waals surface area contributed by atoms with E-state index in [0.29, 0.717) is 11.3 Å². The van der Waals surface area contributed by atoms with Gasteiger partial charge in [-0.25, -0.2) is 9.18 Å². The van der Waals surface area contributed by atoms with E-state index in [2.05, 4.69) is 24.3 Å². The highest BCUT2D eigenvalue weighted by Gasteiger charge is 2.28. The molecule has 142 valence electrons. The highest BCUT2D eigenvalue weighted by Crippen LogP contribution is 2.31. The van der Waals surface area contributed by atoms with Gasteiger partial charge < -0.3 is 4.74 Å². The first-order valence-corrected chi connectivity index (χ1v) is 10.4. The molecular weight excluding hydrogens is 383 g/mol. The molecule has 2 nitrogen and oxygen atoms in total. The summed E-state index contributed by atoms with van der Waals surface area (Å²) < 4.78 is 18.3. The van der Waals surface area contributed by atoms with Crippen molar-refractivity contribution in [2.45, 2.75) is 14.7 Å². The van der Waals surface area contributed by atoms with Gasteiger partial charge in [-0.05, 0) is 72.8 Å². The van der Waals surface area contributed by atoms with E-state index in [-0.39, 0.29) is 16.7 Å². The summed E-state index contributed by atoms with van der Waals surface area (Å²) >= 11 is 0. The lowest BCUT2D eigenvalue weighted by Crippen LogP contribution is -2.09. The summed E-state index contributed by atoms with van der Waals surface area (Å²) in [6.45, 7) is 0. The van der Waals surface area contributed by atoms with Gasteiger partial charge in [-0.15, -0.1) is 0 Å². The van der Waals surface area contributed by atoms with Crippen LogP contribution in [0, 0.1) is 5.82 Å². The molecule has 0 unspecified atom stereocenters. The second-order valence-electron chi connectivity index (χ2n) is 6.30. The lowest BCUT2D eigenvalue weighted by Gasteiger charge is -2.09. The highest BCUT2D eigenvalue weighted by molar-refractivity contribution is 7.97. The van der Waals surface area contributed by atoms with Gasteiger partial charge in [0.2, 0.25) is 0 Å². The molecule has 0 heterocycles. The lowest BCUT2D eigenvalue weighted by molar-refractivity contribution is 0.0734. The standard InChI is InChI=1S/C25H18FO2S/c26-20-13-15-21(16-14-20)28-25(27)19-11-17-24(18-12-19)29(22-7-3-1-4-8-22)23-9-5-2-6-10-23/h1-18H/q+1. The summed E-state index contributed by atoms with van der Waals surface area (Å²) in [5, 5.41) is 0. The molecule has 0 aliphatic carbocycles. The maximum atomic E-state index is 13.0. The molecule has 0 spiro atoms.